The van der Waals surface area contributed by atoms with E-state index >= 15 is 0 Å². The van der Waals surface area contributed by atoms with Crippen LogP contribution in [0.4, 0.5) is 10.5 Å². The van der Waals surface area contributed by atoms with Gasteiger partial charge in [-0.1, -0.05) is 30.3 Å². The molecule has 8 heteroatoms. The fourth-order valence-electron chi connectivity index (χ4n) is 3.91. The van der Waals surface area contributed by atoms with Gasteiger partial charge in [-0.05, 0) is 76.8 Å². The van der Waals surface area contributed by atoms with E-state index < -0.39 is 23.8 Å². The summed E-state index contributed by atoms with van der Waals surface area (Å²) in [5, 5.41) is 5.57. The van der Waals surface area contributed by atoms with Gasteiger partial charge >= 0.3 is 6.09 Å². The first-order valence-corrected chi connectivity index (χ1v) is 11.9. The van der Waals surface area contributed by atoms with E-state index in [0.29, 0.717) is 17.0 Å². The molecule has 0 saturated heterocycles. The van der Waals surface area contributed by atoms with E-state index in [-0.39, 0.29) is 17.9 Å². The monoisotopic (exact) mass is 481 g/mol. The first-order chi connectivity index (χ1) is 16.6. The van der Waals surface area contributed by atoms with Gasteiger partial charge in [0, 0.05) is 11.7 Å². The average Bonchev–Trinajstić information content (AvgIpc) is 2.76. The zero-order chi connectivity index (χ0) is 25.6. The van der Waals surface area contributed by atoms with Gasteiger partial charge in [0.2, 0.25) is 5.91 Å². The number of ether oxygens (including phenoxy) is 2. The van der Waals surface area contributed by atoms with Gasteiger partial charge in [-0.15, -0.1) is 0 Å². The predicted octanol–water partition coefficient (Wildman–Crippen LogP) is 4.67. The van der Waals surface area contributed by atoms with Crippen molar-refractivity contribution in [2.75, 3.05) is 12.4 Å². The minimum atomic E-state index is -0.870. The zero-order valence-electron chi connectivity index (χ0n) is 21.0. The zero-order valence-corrected chi connectivity index (χ0v) is 21.0. The summed E-state index contributed by atoms with van der Waals surface area (Å²) in [5.74, 6) is 0.0151. The minimum Gasteiger partial charge on any atom is -0.497 e. The number of carbonyl (C=O) groups is 3. The van der Waals surface area contributed by atoms with Crippen molar-refractivity contribution in [3.8, 4) is 5.75 Å². The van der Waals surface area contributed by atoms with Crippen molar-refractivity contribution < 1.29 is 23.9 Å². The maximum Gasteiger partial charge on any atom is 0.408 e. The van der Waals surface area contributed by atoms with Gasteiger partial charge in [-0.25, -0.2) is 4.79 Å². The topological polar surface area (TPSA) is 97.0 Å². The van der Waals surface area contributed by atoms with E-state index in [1.165, 1.54) is 0 Å². The summed E-state index contributed by atoms with van der Waals surface area (Å²) in [5.41, 5.74) is 0.603. The predicted molar refractivity (Wildman–Crippen MR) is 134 cm³/mol. The SMILES string of the molecule is COc1ccc(NC(=O)C(c2ccccc2)N(C(=O)C(C)NC(=O)OC(C)(C)C)C2CCC2)cc1. The van der Waals surface area contributed by atoms with Crippen molar-refractivity contribution >= 4 is 23.6 Å². The first kappa shape index (κ1) is 26.1. The Bertz CT molecular complexity index is 1010. The number of anilines is 1. The molecule has 1 aliphatic rings. The van der Waals surface area contributed by atoms with Crippen LogP contribution in [-0.2, 0) is 14.3 Å². The number of rotatable bonds is 8. The third kappa shape index (κ3) is 6.97. The maximum absolute atomic E-state index is 13.7. The third-order valence-electron chi connectivity index (χ3n) is 5.83. The van der Waals surface area contributed by atoms with Crippen molar-refractivity contribution in [1.29, 1.82) is 0 Å². The van der Waals surface area contributed by atoms with Crippen LogP contribution in [-0.4, -0.2) is 47.6 Å². The molecule has 1 fully saturated rings. The van der Waals surface area contributed by atoms with E-state index in [1.807, 2.05) is 30.3 Å². The van der Waals surface area contributed by atoms with E-state index in [0.717, 1.165) is 19.3 Å². The van der Waals surface area contributed by atoms with Crippen LogP contribution in [0.1, 0.15) is 58.6 Å². The second-order valence-electron chi connectivity index (χ2n) is 9.73. The number of alkyl carbamates (subject to hydrolysis) is 1. The number of nitrogens with one attached hydrogen (secondary N) is 2. The molecule has 188 valence electrons. The van der Waals surface area contributed by atoms with E-state index in [4.69, 9.17) is 9.47 Å². The molecular weight excluding hydrogens is 446 g/mol. The maximum atomic E-state index is 13.7. The summed E-state index contributed by atoms with van der Waals surface area (Å²) >= 11 is 0. The van der Waals surface area contributed by atoms with Gasteiger partial charge in [0.15, 0.2) is 0 Å². The Balaban J connectivity index is 1.89. The normalized spacial score (nSPS) is 15.2. The van der Waals surface area contributed by atoms with Crippen LogP contribution in [0.3, 0.4) is 0 Å². The molecular formula is C27H35N3O5. The van der Waals surface area contributed by atoms with Crippen molar-refractivity contribution in [3.63, 3.8) is 0 Å². The molecule has 0 aromatic heterocycles. The van der Waals surface area contributed by atoms with Crippen LogP contribution in [0.2, 0.25) is 0 Å². The fraction of sp³-hybridized carbons (Fsp3) is 0.444. The Morgan fingerprint density at radius 1 is 1.00 bits per heavy atom. The molecule has 8 nitrogen and oxygen atoms in total. The number of benzene rings is 2. The lowest BCUT2D eigenvalue weighted by Gasteiger charge is -2.43. The number of hydrogen-bond acceptors (Lipinski definition) is 5. The van der Waals surface area contributed by atoms with Crippen molar-refractivity contribution in [2.24, 2.45) is 0 Å². The van der Waals surface area contributed by atoms with Gasteiger partial charge < -0.3 is 25.0 Å². The van der Waals surface area contributed by atoms with Gasteiger partial charge in [0.05, 0.1) is 7.11 Å². The van der Waals surface area contributed by atoms with Gasteiger partial charge in [0.1, 0.15) is 23.4 Å². The molecule has 0 bridgehead atoms. The van der Waals surface area contributed by atoms with Crippen LogP contribution in [0.15, 0.2) is 54.6 Å². The highest BCUT2D eigenvalue weighted by atomic mass is 16.6. The lowest BCUT2D eigenvalue weighted by Crippen LogP contribution is -2.56. The molecule has 35 heavy (non-hydrogen) atoms. The van der Waals surface area contributed by atoms with E-state index in [1.54, 1.807) is 64.0 Å². The standard InChI is InChI=1S/C27H35N3O5/c1-18(28-26(33)35-27(2,3)4)25(32)30(21-12-9-13-21)23(19-10-7-6-8-11-19)24(31)29-20-14-16-22(34-5)17-15-20/h6-8,10-11,14-18,21,23H,9,12-13H2,1-5H3,(H,28,33)(H,29,31). The van der Waals surface area contributed by atoms with Gasteiger partial charge in [0.25, 0.3) is 5.91 Å². The smallest absolute Gasteiger partial charge is 0.408 e. The first-order valence-electron chi connectivity index (χ1n) is 11.9. The lowest BCUT2D eigenvalue weighted by molar-refractivity contribution is -0.145. The largest absolute Gasteiger partial charge is 0.497 e. The van der Waals surface area contributed by atoms with E-state index in [2.05, 4.69) is 10.6 Å². The van der Waals surface area contributed by atoms with Crippen LogP contribution in [0.5, 0.6) is 5.75 Å². The van der Waals surface area contributed by atoms with E-state index in [9.17, 15) is 14.4 Å². The van der Waals surface area contributed by atoms with Crippen LogP contribution in [0.25, 0.3) is 0 Å². The molecule has 0 spiro atoms. The lowest BCUT2D eigenvalue weighted by atomic mass is 9.88. The molecule has 2 aromatic rings. The summed E-state index contributed by atoms with van der Waals surface area (Å²) < 4.78 is 10.5. The molecule has 3 rings (SSSR count). The molecule has 0 radical (unpaired) electrons. The van der Waals surface area contributed by atoms with Gasteiger partial charge in [-0.3, -0.25) is 9.59 Å². The van der Waals surface area contributed by atoms with Crippen LogP contribution >= 0.6 is 0 Å². The van der Waals surface area contributed by atoms with Crippen molar-refractivity contribution in [3.05, 3.63) is 60.2 Å². The molecule has 1 aliphatic carbocycles. The average molecular weight is 482 g/mol. The third-order valence-corrected chi connectivity index (χ3v) is 5.83. The molecule has 2 atom stereocenters. The summed E-state index contributed by atoms with van der Waals surface area (Å²) in [6, 6.07) is 14.4. The van der Waals surface area contributed by atoms with Crippen LogP contribution in [0, 0.1) is 0 Å². The summed E-state index contributed by atoms with van der Waals surface area (Å²) in [6.45, 7) is 6.89. The molecule has 0 heterocycles. The minimum absolute atomic E-state index is 0.0998. The molecule has 0 aliphatic heterocycles. The molecule has 2 aromatic carbocycles. The number of hydrogen-bond donors (Lipinski definition) is 2. The number of amides is 3. The number of carbonyl (C=O) groups excluding carboxylic acids is 3. The van der Waals surface area contributed by atoms with Gasteiger partial charge in [-0.2, -0.15) is 0 Å². The Morgan fingerprint density at radius 3 is 2.14 bits per heavy atom. The summed E-state index contributed by atoms with van der Waals surface area (Å²) in [4.78, 5) is 41.3. The summed E-state index contributed by atoms with van der Waals surface area (Å²) in [7, 11) is 1.58. The fourth-order valence-corrected chi connectivity index (χ4v) is 3.91. The molecule has 1 saturated carbocycles. The molecule has 2 N–H and O–H groups in total. The highest BCUT2D eigenvalue weighted by Gasteiger charge is 2.40. The summed E-state index contributed by atoms with van der Waals surface area (Å²) in [6.07, 6.45) is 1.89. The number of methoxy groups -OCH3 is 1. The van der Waals surface area contributed by atoms with Crippen LogP contribution < -0.4 is 15.4 Å². The highest BCUT2D eigenvalue weighted by molar-refractivity contribution is 5.99. The van der Waals surface area contributed by atoms with Crippen molar-refractivity contribution in [1.82, 2.24) is 10.2 Å². The Hall–Kier alpha value is -3.55. The highest BCUT2D eigenvalue weighted by Crippen LogP contribution is 2.34. The second kappa shape index (κ2) is 11.3. The quantitative estimate of drug-likeness (QED) is 0.571. The Kier molecular flexibility index (Phi) is 8.38. The Labute approximate surface area is 207 Å². The molecule has 3 amide bonds. The molecule has 2 unspecified atom stereocenters. The van der Waals surface area contributed by atoms with Crippen molar-refractivity contribution in [2.45, 2.75) is 70.7 Å². The number of nitrogens with zero attached hydrogens (tertiary/aromatic N) is 1. The second-order valence-corrected chi connectivity index (χ2v) is 9.73. The Morgan fingerprint density at radius 2 is 1.63 bits per heavy atom.